The topological polar surface area (TPSA) is 58.6 Å². The normalized spacial score (nSPS) is 12.9. The van der Waals surface area contributed by atoms with E-state index < -0.39 is 6.10 Å². The zero-order valence-corrected chi connectivity index (χ0v) is 9.87. The molecule has 88 valence electrons. The fourth-order valence-corrected chi connectivity index (χ4v) is 1.70. The van der Waals surface area contributed by atoms with Gasteiger partial charge in [-0.3, -0.25) is 4.79 Å². The zero-order chi connectivity index (χ0) is 11.8. The van der Waals surface area contributed by atoms with E-state index in [1.54, 1.807) is 17.4 Å². The number of thiophene rings is 1. The lowest BCUT2D eigenvalue weighted by Gasteiger charge is -2.08. The molecule has 4 nitrogen and oxygen atoms in total. The van der Waals surface area contributed by atoms with Crippen LogP contribution in [0.5, 0.6) is 0 Å². The summed E-state index contributed by atoms with van der Waals surface area (Å²) in [5, 5.41) is 15.8. The van der Waals surface area contributed by atoms with Crippen LogP contribution in [0.2, 0.25) is 0 Å². The molecular formula is C11H15NO3S. The van der Waals surface area contributed by atoms with Crippen LogP contribution in [-0.2, 0) is 9.53 Å². The Hall–Kier alpha value is -1.17. The Morgan fingerprint density at radius 1 is 1.75 bits per heavy atom. The fraction of sp³-hybridized carbons (Fsp3) is 0.364. The number of amides is 1. The molecule has 0 saturated carbocycles. The highest BCUT2D eigenvalue weighted by atomic mass is 32.1. The number of aliphatic hydroxyl groups is 1. The molecule has 16 heavy (non-hydrogen) atoms. The maximum absolute atomic E-state index is 11.3. The van der Waals surface area contributed by atoms with Gasteiger partial charge in [-0.1, -0.05) is 0 Å². The largest absolute Gasteiger partial charge is 0.389 e. The first kappa shape index (κ1) is 12.9. The standard InChI is InChI=1S/C11H15NO3S/c1-15-7-10(13)6-12-11(14)3-2-9-4-5-16-8-9/h2-5,8,10,13H,6-7H2,1H3,(H,12,14). The third-order valence-corrected chi connectivity index (χ3v) is 2.54. The van der Waals surface area contributed by atoms with Crippen LogP contribution in [0.3, 0.4) is 0 Å². The van der Waals surface area contributed by atoms with Crippen molar-refractivity contribution >= 4 is 23.3 Å². The summed E-state index contributed by atoms with van der Waals surface area (Å²) < 4.78 is 4.74. The van der Waals surface area contributed by atoms with Crippen molar-refractivity contribution in [3.63, 3.8) is 0 Å². The summed E-state index contributed by atoms with van der Waals surface area (Å²) in [6.45, 7) is 0.412. The average molecular weight is 241 g/mol. The number of carbonyl (C=O) groups excluding carboxylic acids is 1. The SMILES string of the molecule is COCC(O)CNC(=O)C=Cc1ccsc1. The summed E-state index contributed by atoms with van der Waals surface area (Å²) in [7, 11) is 1.50. The van der Waals surface area contributed by atoms with Crippen LogP contribution in [0.25, 0.3) is 6.08 Å². The Bertz CT molecular complexity index is 335. The maximum Gasteiger partial charge on any atom is 0.244 e. The Kier molecular flexibility index (Phi) is 5.77. The molecule has 1 unspecified atom stereocenters. The third-order valence-electron chi connectivity index (χ3n) is 1.84. The Morgan fingerprint density at radius 3 is 3.19 bits per heavy atom. The second-order valence-corrected chi connectivity index (χ2v) is 4.02. The third kappa shape index (κ3) is 5.06. The van der Waals surface area contributed by atoms with Gasteiger partial charge in [0.15, 0.2) is 0 Å². The highest BCUT2D eigenvalue weighted by Gasteiger charge is 2.03. The molecule has 1 aromatic heterocycles. The second-order valence-electron chi connectivity index (χ2n) is 3.24. The molecule has 0 aliphatic carbocycles. The number of ether oxygens (including phenoxy) is 1. The minimum atomic E-state index is -0.663. The minimum absolute atomic E-state index is 0.195. The number of methoxy groups -OCH3 is 1. The smallest absolute Gasteiger partial charge is 0.244 e. The second kappa shape index (κ2) is 7.16. The quantitative estimate of drug-likeness (QED) is 0.727. The van der Waals surface area contributed by atoms with Gasteiger partial charge in [0.25, 0.3) is 0 Å². The molecule has 0 aliphatic heterocycles. The highest BCUT2D eigenvalue weighted by Crippen LogP contribution is 2.07. The lowest BCUT2D eigenvalue weighted by Crippen LogP contribution is -2.33. The number of hydrogen-bond acceptors (Lipinski definition) is 4. The van der Waals surface area contributed by atoms with Crippen molar-refractivity contribution in [3.8, 4) is 0 Å². The van der Waals surface area contributed by atoms with Gasteiger partial charge in [-0.05, 0) is 28.5 Å². The molecule has 1 rings (SSSR count). The number of nitrogens with one attached hydrogen (secondary N) is 1. The van der Waals surface area contributed by atoms with E-state index in [0.717, 1.165) is 5.56 Å². The lowest BCUT2D eigenvalue weighted by molar-refractivity contribution is -0.117. The molecule has 0 aliphatic rings. The zero-order valence-electron chi connectivity index (χ0n) is 9.05. The monoisotopic (exact) mass is 241 g/mol. The molecule has 0 fully saturated rings. The van der Waals surface area contributed by atoms with Crippen LogP contribution >= 0.6 is 11.3 Å². The molecular weight excluding hydrogens is 226 g/mol. The fourth-order valence-electron chi connectivity index (χ4n) is 1.07. The molecule has 1 amide bonds. The Labute approximate surface area is 98.6 Å². The number of rotatable bonds is 6. The summed E-state index contributed by atoms with van der Waals surface area (Å²) in [5.74, 6) is -0.221. The van der Waals surface area contributed by atoms with Crippen LogP contribution in [0.15, 0.2) is 22.9 Å². The van der Waals surface area contributed by atoms with Crippen molar-refractivity contribution in [2.75, 3.05) is 20.3 Å². The van der Waals surface area contributed by atoms with Crippen molar-refractivity contribution in [1.29, 1.82) is 0 Å². The molecule has 0 radical (unpaired) electrons. The summed E-state index contributed by atoms with van der Waals surface area (Å²) in [4.78, 5) is 11.3. The molecule has 1 atom stereocenters. The van der Waals surface area contributed by atoms with Crippen molar-refractivity contribution in [3.05, 3.63) is 28.5 Å². The van der Waals surface area contributed by atoms with E-state index in [4.69, 9.17) is 4.74 Å². The molecule has 1 aromatic rings. The predicted molar refractivity (Wildman–Crippen MR) is 64.2 cm³/mol. The number of carbonyl (C=O) groups is 1. The molecule has 2 N–H and O–H groups in total. The van der Waals surface area contributed by atoms with Gasteiger partial charge in [0, 0.05) is 19.7 Å². The van der Waals surface area contributed by atoms with Crippen molar-refractivity contribution < 1.29 is 14.6 Å². The van der Waals surface area contributed by atoms with E-state index in [1.165, 1.54) is 13.2 Å². The Morgan fingerprint density at radius 2 is 2.56 bits per heavy atom. The van der Waals surface area contributed by atoms with E-state index in [2.05, 4.69) is 5.32 Å². The van der Waals surface area contributed by atoms with Gasteiger partial charge in [-0.2, -0.15) is 11.3 Å². The first-order chi connectivity index (χ1) is 7.72. The van der Waals surface area contributed by atoms with Crippen molar-refractivity contribution in [1.82, 2.24) is 5.32 Å². The maximum atomic E-state index is 11.3. The number of hydrogen-bond donors (Lipinski definition) is 2. The van der Waals surface area contributed by atoms with E-state index in [-0.39, 0.29) is 19.1 Å². The first-order valence-electron chi connectivity index (χ1n) is 4.87. The van der Waals surface area contributed by atoms with Gasteiger partial charge in [0.2, 0.25) is 5.91 Å². The van der Waals surface area contributed by atoms with Gasteiger partial charge >= 0.3 is 0 Å². The van der Waals surface area contributed by atoms with E-state index in [9.17, 15) is 9.90 Å². The number of aliphatic hydroxyl groups excluding tert-OH is 1. The minimum Gasteiger partial charge on any atom is -0.389 e. The van der Waals surface area contributed by atoms with Crippen LogP contribution < -0.4 is 5.32 Å². The van der Waals surface area contributed by atoms with Gasteiger partial charge in [-0.25, -0.2) is 0 Å². The molecule has 5 heteroatoms. The summed E-state index contributed by atoms with van der Waals surface area (Å²) >= 11 is 1.58. The van der Waals surface area contributed by atoms with E-state index in [1.807, 2.05) is 16.8 Å². The van der Waals surface area contributed by atoms with Crippen LogP contribution in [0, 0.1) is 0 Å². The van der Waals surface area contributed by atoms with Gasteiger partial charge in [0.1, 0.15) is 0 Å². The highest BCUT2D eigenvalue weighted by molar-refractivity contribution is 7.08. The average Bonchev–Trinajstić information content (AvgIpc) is 2.77. The molecule has 0 saturated heterocycles. The summed E-state index contributed by atoms with van der Waals surface area (Å²) in [6.07, 6.45) is 2.51. The lowest BCUT2D eigenvalue weighted by atomic mass is 10.3. The predicted octanol–water partition coefficient (Wildman–Crippen LogP) is 0.885. The van der Waals surface area contributed by atoms with Gasteiger partial charge in [0.05, 0.1) is 12.7 Å². The van der Waals surface area contributed by atoms with Gasteiger partial charge < -0.3 is 15.2 Å². The summed E-state index contributed by atoms with van der Waals surface area (Å²) in [6, 6.07) is 1.92. The molecule has 0 aromatic carbocycles. The van der Waals surface area contributed by atoms with E-state index in [0.29, 0.717) is 0 Å². The summed E-state index contributed by atoms with van der Waals surface area (Å²) in [5.41, 5.74) is 0.998. The van der Waals surface area contributed by atoms with Crippen molar-refractivity contribution in [2.24, 2.45) is 0 Å². The van der Waals surface area contributed by atoms with Crippen LogP contribution in [-0.4, -0.2) is 37.4 Å². The van der Waals surface area contributed by atoms with Crippen molar-refractivity contribution in [2.45, 2.75) is 6.10 Å². The molecule has 0 spiro atoms. The Balaban J connectivity index is 2.26. The first-order valence-corrected chi connectivity index (χ1v) is 5.81. The molecule has 0 bridgehead atoms. The molecule has 1 heterocycles. The van der Waals surface area contributed by atoms with Gasteiger partial charge in [-0.15, -0.1) is 0 Å². The van der Waals surface area contributed by atoms with Crippen LogP contribution in [0.4, 0.5) is 0 Å². The van der Waals surface area contributed by atoms with E-state index >= 15 is 0 Å². The van der Waals surface area contributed by atoms with Crippen LogP contribution in [0.1, 0.15) is 5.56 Å².